The number of nitrogens with zero attached hydrogens (tertiary/aromatic N) is 4. The number of carbonyl (C=O) groups excluding carboxylic acids is 1. The summed E-state index contributed by atoms with van der Waals surface area (Å²) in [6.45, 7) is 6.03. The molecule has 2 aromatic heterocycles. The number of rotatable bonds is 9. The second kappa shape index (κ2) is 12.0. The number of aromatic nitrogens is 2. The Labute approximate surface area is 232 Å². The molecule has 1 N–H and O–H groups in total. The highest BCUT2D eigenvalue weighted by Gasteiger charge is 2.18. The number of fused-ring (bicyclic) bond motifs is 2. The summed E-state index contributed by atoms with van der Waals surface area (Å²) in [6, 6.07) is 24.9. The molecule has 3 heterocycles. The minimum absolute atomic E-state index is 0.0268. The number of benzene rings is 3. The Kier molecular flexibility index (Phi) is 7.85. The standard InChI is InChI=1S/C31H33N5O2S/c37-30(32-21-24-6-2-1-3-7-24)35(15-14-34-16-18-38-19-17-34)13-12-28-23-39-31-33-29(22-36(28)31)27-11-10-25-8-4-5-9-26(25)20-27/h1-11,20,22-23H,12-19,21H2,(H,32,37). The first kappa shape index (κ1) is 25.6. The summed E-state index contributed by atoms with van der Waals surface area (Å²) >= 11 is 1.65. The normalized spacial score (nSPS) is 14.2. The maximum Gasteiger partial charge on any atom is 0.317 e. The van der Waals surface area contributed by atoms with E-state index in [4.69, 9.17) is 9.72 Å². The number of amides is 2. The lowest BCUT2D eigenvalue weighted by molar-refractivity contribution is 0.0349. The van der Waals surface area contributed by atoms with Gasteiger partial charge in [0.15, 0.2) is 4.96 Å². The summed E-state index contributed by atoms with van der Waals surface area (Å²) in [6.07, 6.45) is 2.88. The number of nitrogens with one attached hydrogen (secondary N) is 1. The number of ether oxygens (including phenoxy) is 1. The van der Waals surface area contributed by atoms with Gasteiger partial charge in [0.2, 0.25) is 0 Å². The van der Waals surface area contributed by atoms with Crippen molar-refractivity contribution >= 4 is 33.1 Å². The molecule has 3 aromatic carbocycles. The molecule has 200 valence electrons. The minimum Gasteiger partial charge on any atom is -0.379 e. The van der Waals surface area contributed by atoms with Gasteiger partial charge in [0.25, 0.3) is 0 Å². The van der Waals surface area contributed by atoms with E-state index in [0.29, 0.717) is 19.6 Å². The molecule has 5 aromatic rings. The van der Waals surface area contributed by atoms with Crippen molar-refractivity contribution in [2.24, 2.45) is 0 Å². The summed E-state index contributed by atoms with van der Waals surface area (Å²) in [5.41, 5.74) is 4.35. The predicted molar refractivity (Wildman–Crippen MR) is 157 cm³/mol. The third-order valence-electron chi connectivity index (χ3n) is 7.33. The first-order valence-electron chi connectivity index (χ1n) is 13.5. The summed E-state index contributed by atoms with van der Waals surface area (Å²) < 4.78 is 7.67. The van der Waals surface area contributed by atoms with Gasteiger partial charge in [-0.25, -0.2) is 9.78 Å². The fourth-order valence-corrected chi connectivity index (χ4v) is 5.94. The van der Waals surface area contributed by atoms with Gasteiger partial charge in [0.1, 0.15) is 0 Å². The first-order valence-corrected chi connectivity index (χ1v) is 14.4. The lowest BCUT2D eigenvalue weighted by Gasteiger charge is -2.30. The lowest BCUT2D eigenvalue weighted by Crippen LogP contribution is -2.46. The van der Waals surface area contributed by atoms with Crippen molar-refractivity contribution in [2.75, 3.05) is 45.9 Å². The van der Waals surface area contributed by atoms with Crippen LogP contribution in [-0.4, -0.2) is 71.2 Å². The molecule has 0 spiro atoms. The Balaban J connectivity index is 1.15. The van der Waals surface area contributed by atoms with Crippen molar-refractivity contribution in [1.82, 2.24) is 24.5 Å². The first-order chi connectivity index (χ1) is 19.2. The molecule has 2 amide bonds. The van der Waals surface area contributed by atoms with Gasteiger partial charge in [-0.05, 0) is 22.4 Å². The van der Waals surface area contributed by atoms with Crippen molar-refractivity contribution < 1.29 is 9.53 Å². The fourth-order valence-electron chi connectivity index (χ4n) is 5.03. The van der Waals surface area contributed by atoms with E-state index in [1.807, 2.05) is 35.2 Å². The van der Waals surface area contributed by atoms with E-state index in [0.717, 1.165) is 61.1 Å². The zero-order valence-corrected chi connectivity index (χ0v) is 22.8. The highest BCUT2D eigenvalue weighted by atomic mass is 32.1. The van der Waals surface area contributed by atoms with E-state index < -0.39 is 0 Å². The molecule has 1 saturated heterocycles. The number of carbonyl (C=O) groups is 1. The molecule has 6 rings (SSSR count). The number of hydrogen-bond donors (Lipinski definition) is 1. The molecular weight excluding hydrogens is 506 g/mol. The SMILES string of the molecule is O=C(NCc1ccccc1)N(CCc1csc2nc(-c3ccc4ccccc4c3)cn12)CCN1CCOCC1. The molecule has 0 bridgehead atoms. The van der Waals surface area contributed by atoms with Crippen molar-refractivity contribution in [3.05, 3.63) is 95.6 Å². The van der Waals surface area contributed by atoms with Crippen LogP contribution in [0.25, 0.3) is 27.0 Å². The summed E-state index contributed by atoms with van der Waals surface area (Å²) in [4.78, 5) is 23.5. The Bertz CT molecular complexity index is 1540. The maximum absolute atomic E-state index is 13.3. The number of urea groups is 1. The van der Waals surface area contributed by atoms with Crippen LogP contribution in [0.3, 0.4) is 0 Å². The van der Waals surface area contributed by atoms with Gasteiger partial charge in [-0.3, -0.25) is 9.30 Å². The topological polar surface area (TPSA) is 62.1 Å². The van der Waals surface area contributed by atoms with Crippen LogP contribution in [0.1, 0.15) is 11.3 Å². The highest BCUT2D eigenvalue weighted by Crippen LogP contribution is 2.27. The Hall–Kier alpha value is -3.72. The van der Waals surface area contributed by atoms with Crippen LogP contribution in [0.2, 0.25) is 0 Å². The zero-order chi connectivity index (χ0) is 26.4. The van der Waals surface area contributed by atoms with E-state index in [-0.39, 0.29) is 6.03 Å². The molecule has 39 heavy (non-hydrogen) atoms. The summed E-state index contributed by atoms with van der Waals surface area (Å²) in [5, 5.41) is 7.72. The van der Waals surface area contributed by atoms with Gasteiger partial charge in [-0.15, -0.1) is 11.3 Å². The van der Waals surface area contributed by atoms with Crippen LogP contribution in [0.4, 0.5) is 4.79 Å². The van der Waals surface area contributed by atoms with Gasteiger partial charge in [-0.1, -0.05) is 66.7 Å². The Morgan fingerprint density at radius 2 is 1.77 bits per heavy atom. The molecule has 8 heteroatoms. The Morgan fingerprint density at radius 3 is 2.62 bits per heavy atom. The number of thiazole rings is 1. The van der Waals surface area contributed by atoms with Crippen molar-refractivity contribution in [2.45, 2.75) is 13.0 Å². The smallest absolute Gasteiger partial charge is 0.317 e. The van der Waals surface area contributed by atoms with Crippen LogP contribution in [0, 0.1) is 0 Å². The van der Waals surface area contributed by atoms with Gasteiger partial charge < -0.3 is 15.0 Å². The molecular formula is C31H33N5O2S. The molecule has 7 nitrogen and oxygen atoms in total. The van der Waals surface area contributed by atoms with Crippen molar-refractivity contribution in [3.63, 3.8) is 0 Å². The van der Waals surface area contributed by atoms with Gasteiger partial charge in [0.05, 0.1) is 18.9 Å². The van der Waals surface area contributed by atoms with Crippen LogP contribution >= 0.6 is 11.3 Å². The van der Waals surface area contributed by atoms with Crippen molar-refractivity contribution in [3.8, 4) is 11.3 Å². The number of hydrogen-bond acceptors (Lipinski definition) is 5. The van der Waals surface area contributed by atoms with Gasteiger partial charge in [-0.2, -0.15) is 0 Å². The van der Waals surface area contributed by atoms with Crippen molar-refractivity contribution in [1.29, 1.82) is 0 Å². The average molecular weight is 540 g/mol. The Morgan fingerprint density at radius 1 is 0.974 bits per heavy atom. The van der Waals surface area contributed by atoms with Crippen LogP contribution in [-0.2, 0) is 17.7 Å². The monoisotopic (exact) mass is 539 g/mol. The molecule has 0 radical (unpaired) electrons. The van der Waals surface area contributed by atoms with E-state index in [1.165, 1.54) is 16.5 Å². The number of morpholine rings is 1. The maximum atomic E-state index is 13.3. The minimum atomic E-state index is -0.0268. The van der Waals surface area contributed by atoms with E-state index >= 15 is 0 Å². The molecule has 1 aliphatic rings. The molecule has 0 atom stereocenters. The lowest BCUT2D eigenvalue weighted by atomic mass is 10.1. The summed E-state index contributed by atoms with van der Waals surface area (Å²) in [7, 11) is 0. The van der Waals surface area contributed by atoms with E-state index in [1.54, 1.807) is 11.3 Å². The highest BCUT2D eigenvalue weighted by molar-refractivity contribution is 7.15. The second-order valence-electron chi connectivity index (χ2n) is 9.90. The van der Waals surface area contributed by atoms with Crippen LogP contribution in [0.15, 0.2) is 84.4 Å². The number of imidazole rings is 1. The quantitative estimate of drug-likeness (QED) is 0.276. The van der Waals surface area contributed by atoms with Crippen LogP contribution < -0.4 is 5.32 Å². The van der Waals surface area contributed by atoms with Gasteiger partial charge in [0, 0.05) is 68.5 Å². The largest absolute Gasteiger partial charge is 0.379 e. The predicted octanol–water partition coefficient (Wildman–Crippen LogP) is 5.30. The molecule has 0 saturated carbocycles. The summed E-state index contributed by atoms with van der Waals surface area (Å²) in [5.74, 6) is 0. The van der Waals surface area contributed by atoms with Crippen LogP contribution in [0.5, 0.6) is 0 Å². The molecule has 0 unspecified atom stereocenters. The molecule has 1 aliphatic heterocycles. The van der Waals surface area contributed by atoms with E-state index in [2.05, 4.69) is 68.7 Å². The zero-order valence-electron chi connectivity index (χ0n) is 22.0. The third-order valence-corrected chi connectivity index (χ3v) is 8.22. The van der Waals surface area contributed by atoms with Gasteiger partial charge >= 0.3 is 6.03 Å². The average Bonchev–Trinajstić information content (AvgIpc) is 3.58. The fraction of sp³-hybridized carbons (Fsp3) is 0.290. The van der Waals surface area contributed by atoms with E-state index in [9.17, 15) is 4.79 Å². The third kappa shape index (κ3) is 6.14. The molecule has 0 aliphatic carbocycles. The molecule has 1 fully saturated rings. The second-order valence-corrected chi connectivity index (χ2v) is 10.7.